The summed E-state index contributed by atoms with van der Waals surface area (Å²) in [5.74, 6) is -0.920. The Labute approximate surface area is 112 Å². The molecule has 1 aromatic heterocycles. The Morgan fingerprint density at radius 2 is 2.32 bits per heavy atom. The number of nitrogens with one attached hydrogen (secondary N) is 1. The largest absolute Gasteiger partial charge is 0.481 e. The number of carbonyl (C=O) groups is 1. The zero-order valence-electron chi connectivity index (χ0n) is 11.2. The van der Waals surface area contributed by atoms with E-state index in [0.29, 0.717) is 23.5 Å². The second kappa shape index (κ2) is 6.71. The lowest BCUT2D eigenvalue weighted by Gasteiger charge is -2.16. The number of methoxy groups -OCH3 is 1. The molecule has 0 radical (unpaired) electrons. The van der Waals surface area contributed by atoms with Crippen molar-refractivity contribution < 1.29 is 14.6 Å². The summed E-state index contributed by atoms with van der Waals surface area (Å²) in [7, 11) is 1.46. The Morgan fingerprint density at radius 3 is 2.84 bits per heavy atom. The first-order valence-electron chi connectivity index (χ1n) is 5.84. The first kappa shape index (κ1) is 14.9. The van der Waals surface area contributed by atoms with E-state index in [-0.39, 0.29) is 6.42 Å². The fourth-order valence-electron chi connectivity index (χ4n) is 1.77. The predicted molar refractivity (Wildman–Crippen MR) is 70.0 cm³/mol. The van der Waals surface area contributed by atoms with Gasteiger partial charge in [-0.15, -0.1) is 0 Å². The maximum atomic E-state index is 10.6. The summed E-state index contributed by atoms with van der Waals surface area (Å²) in [4.78, 5) is 14.9. The summed E-state index contributed by atoms with van der Waals surface area (Å²) in [6.07, 6.45) is -0.535. The van der Waals surface area contributed by atoms with Crippen LogP contribution in [0.15, 0.2) is 6.07 Å². The molecule has 0 spiro atoms. The molecule has 102 valence electrons. The third-order valence-corrected chi connectivity index (χ3v) is 2.70. The molecule has 0 aliphatic rings. The van der Waals surface area contributed by atoms with Crippen LogP contribution < -0.4 is 5.32 Å². The number of hydrogen-bond donors (Lipinski definition) is 2. The number of pyridine rings is 1. The minimum atomic E-state index is -0.920. The zero-order chi connectivity index (χ0) is 14.4. The fourth-order valence-corrected chi connectivity index (χ4v) is 1.77. The van der Waals surface area contributed by atoms with Gasteiger partial charge in [0, 0.05) is 19.3 Å². The molecule has 0 saturated heterocycles. The summed E-state index contributed by atoms with van der Waals surface area (Å²) in [6, 6.07) is 3.85. The maximum Gasteiger partial charge on any atom is 0.306 e. The normalized spacial score (nSPS) is 11.7. The van der Waals surface area contributed by atoms with E-state index in [1.54, 1.807) is 13.0 Å². The highest BCUT2D eigenvalue weighted by molar-refractivity contribution is 5.67. The molecule has 0 amide bonds. The van der Waals surface area contributed by atoms with E-state index in [4.69, 9.17) is 15.1 Å². The number of carboxylic acid groups (broad SMARTS) is 1. The molecule has 1 unspecified atom stereocenters. The number of aliphatic carboxylic acids is 1. The molecule has 2 N–H and O–H groups in total. The lowest BCUT2D eigenvalue weighted by molar-refractivity contribution is -0.139. The molecule has 0 fully saturated rings. The highest BCUT2D eigenvalue weighted by Gasteiger charge is 2.14. The monoisotopic (exact) mass is 263 g/mol. The highest BCUT2D eigenvalue weighted by Crippen LogP contribution is 2.18. The van der Waals surface area contributed by atoms with E-state index in [0.717, 1.165) is 5.69 Å². The van der Waals surface area contributed by atoms with Gasteiger partial charge in [-0.3, -0.25) is 9.78 Å². The number of hydrogen-bond acceptors (Lipinski definition) is 5. The van der Waals surface area contributed by atoms with Crippen LogP contribution in [-0.2, 0) is 9.53 Å². The minimum Gasteiger partial charge on any atom is -0.481 e. The first-order chi connectivity index (χ1) is 8.97. The van der Waals surface area contributed by atoms with E-state index in [1.165, 1.54) is 7.11 Å². The van der Waals surface area contributed by atoms with Gasteiger partial charge in [-0.2, -0.15) is 5.26 Å². The van der Waals surface area contributed by atoms with Crippen molar-refractivity contribution >= 4 is 11.7 Å². The van der Waals surface area contributed by atoms with Crippen molar-refractivity contribution in [2.75, 3.05) is 19.0 Å². The van der Waals surface area contributed by atoms with Crippen molar-refractivity contribution in [3.05, 3.63) is 23.0 Å². The number of ether oxygens (including phenoxy) is 1. The topological polar surface area (TPSA) is 95.2 Å². The van der Waals surface area contributed by atoms with Gasteiger partial charge in [0.05, 0.1) is 29.5 Å². The fraction of sp³-hybridized carbons (Fsp3) is 0.462. The van der Waals surface area contributed by atoms with Gasteiger partial charge in [0.15, 0.2) is 0 Å². The second-order valence-electron chi connectivity index (χ2n) is 4.22. The van der Waals surface area contributed by atoms with Crippen molar-refractivity contribution in [1.82, 2.24) is 4.98 Å². The average molecular weight is 263 g/mol. The van der Waals surface area contributed by atoms with Gasteiger partial charge >= 0.3 is 5.97 Å². The van der Waals surface area contributed by atoms with Gasteiger partial charge in [-0.05, 0) is 19.9 Å². The average Bonchev–Trinajstić information content (AvgIpc) is 2.33. The lowest BCUT2D eigenvalue weighted by atomic mass is 10.1. The van der Waals surface area contributed by atoms with Gasteiger partial charge in [-0.25, -0.2) is 0 Å². The first-order valence-corrected chi connectivity index (χ1v) is 5.84. The summed E-state index contributed by atoms with van der Waals surface area (Å²) in [5.41, 5.74) is 2.57. The van der Waals surface area contributed by atoms with E-state index >= 15 is 0 Å². The van der Waals surface area contributed by atoms with Crippen LogP contribution in [-0.4, -0.2) is 35.8 Å². The van der Waals surface area contributed by atoms with Crippen molar-refractivity contribution in [1.29, 1.82) is 5.26 Å². The number of nitrogens with zero attached hydrogens (tertiary/aromatic N) is 2. The number of aromatic nitrogens is 1. The molecular formula is C13H17N3O3. The molecule has 0 aliphatic heterocycles. The molecule has 1 aromatic rings. The number of aryl methyl sites for hydroxylation is 2. The zero-order valence-corrected chi connectivity index (χ0v) is 11.2. The van der Waals surface area contributed by atoms with Crippen molar-refractivity contribution in [2.24, 2.45) is 0 Å². The molecule has 1 rings (SSSR count). The third kappa shape index (κ3) is 4.23. The quantitative estimate of drug-likeness (QED) is 0.807. The molecule has 19 heavy (non-hydrogen) atoms. The lowest BCUT2D eigenvalue weighted by Crippen LogP contribution is -2.25. The molecule has 0 bridgehead atoms. The van der Waals surface area contributed by atoms with Crippen LogP contribution in [0.2, 0.25) is 0 Å². The number of nitriles is 1. The van der Waals surface area contributed by atoms with E-state index in [2.05, 4.69) is 16.4 Å². The van der Waals surface area contributed by atoms with E-state index in [1.807, 2.05) is 6.92 Å². The SMILES string of the molecule is COC(CNc1cc(C)nc(C)c1C#N)CC(=O)O. The van der Waals surface area contributed by atoms with Gasteiger partial charge in [0.25, 0.3) is 0 Å². The smallest absolute Gasteiger partial charge is 0.306 e. The number of anilines is 1. The van der Waals surface area contributed by atoms with Crippen molar-refractivity contribution in [3.63, 3.8) is 0 Å². The molecule has 6 heteroatoms. The summed E-state index contributed by atoms with van der Waals surface area (Å²) in [6.45, 7) is 3.92. The van der Waals surface area contributed by atoms with Gasteiger partial charge in [0.1, 0.15) is 6.07 Å². The molecule has 6 nitrogen and oxygen atoms in total. The van der Waals surface area contributed by atoms with E-state index in [9.17, 15) is 4.79 Å². The Kier molecular flexibility index (Phi) is 5.27. The Morgan fingerprint density at radius 1 is 1.63 bits per heavy atom. The minimum absolute atomic E-state index is 0.0889. The van der Waals surface area contributed by atoms with Crippen LogP contribution in [0.4, 0.5) is 5.69 Å². The van der Waals surface area contributed by atoms with Gasteiger partial charge < -0.3 is 15.2 Å². The molecule has 0 aromatic carbocycles. The molecular weight excluding hydrogens is 246 g/mol. The summed E-state index contributed by atoms with van der Waals surface area (Å²) < 4.78 is 5.07. The van der Waals surface area contributed by atoms with Crippen LogP contribution in [0, 0.1) is 25.2 Å². The molecule has 1 heterocycles. The van der Waals surface area contributed by atoms with Crippen LogP contribution in [0.3, 0.4) is 0 Å². The van der Waals surface area contributed by atoms with Gasteiger partial charge in [-0.1, -0.05) is 0 Å². The molecule has 1 atom stereocenters. The Balaban J connectivity index is 2.82. The number of carboxylic acids is 1. The second-order valence-corrected chi connectivity index (χ2v) is 4.22. The van der Waals surface area contributed by atoms with Crippen molar-refractivity contribution in [2.45, 2.75) is 26.4 Å². The highest BCUT2D eigenvalue weighted by atomic mass is 16.5. The van der Waals surface area contributed by atoms with Crippen LogP contribution in [0.5, 0.6) is 0 Å². The van der Waals surface area contributed by atoms with Crippen LogP contribution in [0.1, 0.15) is 23.4 Å². The van der Waals surface area contributed by atoms with Crippen molar-refractivity contribution in [3.8, 4) is 6.07 Å². The molecule has 0 saturated carbocycles. The van der Waals surface area contributed by atoms with Gasteiger partial charge in [0.2, 0.25) is 0 Å². The van der Waals surface area contributed by atoms with Crippen LogP contribution >= 0.6 is 0 Å². The number of rotatable bonds is 6. The van der Waals surface area contributed by atoms with Crippen LogP contribution in [0.25, 0.3) is 0 Å². The maximum absolute atomic E-state index is 10.6. The third-order valence-electron chi connectivity index (χ3n) is 2.70. The molecule has 0 aliphatic carbocycles. The Bertz CT molecular complexity index is 509. The summed E-state index contributed by atoms with van der Waals surface area (Å²) >= 11 is 0. The summed E-state index contributed by atoms with van der Waals surface area (Å²) in [5, 5.41) is 20.9. The Hall–Kier alpha value is -2.13. The standard InChI is InChI=1S/C13H17N3O3/c1-8-4-12(11(6-14)9(2)16-8)15-7-10(19-3)5-13(17)18/h4,10H,5,7H2,1-3H3,(H,15,16)(H,17,18). The van der Waals surface area contributed by atoms with E-state index < -0.39 is 12.1 Å². The predicted octanol–water partition coefficient (Wildman–Crippen LogP) is 1.47.